The predicted molar refractivity (Wildman–Crippen MR) is 71.6 cm³/mol. The first kappa shape index (κ1) is 13.1. The van der Waals surface area contributed by atoms with Crippen molar-refractivity contribution in [3.8, 4) is 0 Å². The minimum absolute atomic E-state index is 0.0515. The summed E-state index contributed by atoms with van der Waals surface area (Å²) >= 11 is 0. The van der Waals surface area contributed by atoms with Crippen LogP contribution in [-0.2, 0) is 0 Å². The summed E-state index contributed by atoms with van der Waals surface area (Å²) in [6, 6.07) is 3.06. The second-order valence-electron chi connectivity index (χ2n) is 5.46. The van der Waals surface area contributed by atoms with Crippen LogP contribution in [0, 0.1) is 5.92 Å². The molecule has 0 saturated carbocycles. The van der Waals surface area contributed by atoms with Crippen LogP contribution in [0.2, 0.25) is 0 Å². The Morgan fingerprint density at radius 1 is 1.30 bits per heavy atom. The van der Waals surface area contributed by atoms with Crippen LogP contribution < -0.4 is 5.32 Å². The second-order valence-corrected chi connectivity index (χ2v) is 5.46. The molecule has 2 N–H and O–H groups in total. The number of nitrogens with one attached hydrogen (secondary N) is 1. The zero-order valence-electron chi connectivity index (χ0n) is 11.1. The maximum atomic E-state index is 12.2. The maximum Gasteiger partial charge on any atom is 0.354 e. The Bertz CT molecular complexity index is 521. The lowest BCUT2D eigenvalue weighted by Crippen LogP contribution is -2.57. The van der Waals surface area contributed by atoms with E-state index in [0.717, 1.165) is 32.5 Å². The van der Waals surface area contributed by atoms with E-state index in [-0.39, 0.29) is 17.6 Å². The summed E-state index contributed by atoms with van der Waals surface area (Å²) in [4.78, 5) is 29.0. The molecule has 6 nitrogen and oxygen atoms in total. The van der Waals surface area contributed by atoms with Crippen molar-refractivity contribution >= 4 is 11.9 Å². The van der Waals surface area contributed by atoms with Crippen molar-refractivity contribution in [1.29, 1.82) is 0 Å². The van der Waals surface area contributed by atoms with Gasteiger partial charge in [0, 0.05) is 18.8 Å². The molecule has 1 unspecified atom stereocenters. The van der Waals surface area contributed by atoms with E-state index in [2.05, 4.69) is 15.2 Å². The number of piperidine rings is 3. The van der Waals surface area contributed by atoms with Crippen LogP contribution >= 0.6 is 0 Å². The number of carboxylic acid groups (broad SMARTS) is 1. The van der Waals surface area contributed by atoms with Gasteiger partial charge in [0.2, 0.25) is 0 Å². The highest BCUT2D eigenvalue weighted by Gasteiger charge is 2.34. The molecule has 4 rings (SSSR count). The Morgan fingerprint density at radius 2 is 2.05 bits per heavy atom. The minimum Gasteiger partial charge on any atom is -0.477 e. The molecule has 2 bridgehead atoms. The first-order valence-corrected chi connectivity index (χ1v) is 6.86. The van der Waals surface area contributed by atoms with E-state index < -0.39 is 5.97 Å². The number of nitrogens with zero attached hydrogens (tertiary/aromatic N) is 2. The van der Waals surface area contributed by atoms with Gasteiger partial charge < -0.3 is 15.3 Å². The first-order valence-electron chi connectivity index (χ1n) is 6.86. The van der Waals surface area contributed by atoms with Crippen LogP contribution in [0.5, 0.6) is 0 Å². The molecule has 0 aromatic carbocycles. The number of hydrogen-bond acceptors (Lipinski definition) is 4. The van der Waals surface area contributed by atoms with Crippen LogP contribution in [0.4, 0.5) is 0 Å². The molecule has 1 aromatic rings. The molecule has 0 radical (unpaired) electrons. The molecular weight excluding hydrogens is 258 g/mol. The Morgan fingerprint density at radius 3 is 2.55 bits per heavy atom. The Kier molecular flexibility index (Phi) is 3.40. The highest BCUT2D eigenvalue weighted by atomic mass is 16.4. The van der Waals surface area contributed by atoms with E-state index in [4.69, 9.17) is 5.11 Å². The number of aromatic nitrogens is 1. The van der Waals surface area contributed by atoms with E-state index in [1.165, 1.54) is 18.3 Å². The van der Waals surface area contributed by atoms with E-state index in [1.807, 2.05) is 0 Å². The van der Waals surface area contributed by atoms with Gasteiger partial charge in [-0.25, -0.2) is 9.78 Å². The fourth-order valence-electron chi connectivity index (χ4n) is 3.04. The molecule has 3 aliphatic heterocycles. The lowest BCUT2D eigenvalue weighted by atomic mass is 9.84. The van der Waals surface area contributed by atoms with Crippen LogP contribution in [0.15, 0.2) is 18.3 Å². The van der Waals surface area contributed by atoms with Gasteiger partial charge in [-0.1, -0.05) is 0 Å². The molecule has 0 spiro atoms. The third-order valence-corrected chi connectivity index (χ3v) is 4.22. The molecule has 4 heterocycles. The Balaban J connectivity index is 1.65. The van der Waals surface area contributed by atoms with Gasteiger partial charge in [0.05, 0.1) is 5.56 Å². The summed E-state index contributed by atoms with van der Waals surface area (Å²) in [6.07, 6.45) is 3.60. The van der Waals surface area contributed by atoms with Gasteiger partial charge in [-0.3, -0.25) is 4.79 Å². The molecule has 3 aliphatic rings. The molecule has 3 fully saturated rings. The van der Waals surface area contributed by atoms with E-state index in [1.54, 1.807) is 0 Å². The standard InChI is InChI=1S/C14H17N3O3/c18-13(10-1-2-11(14(19)20)15-7-10)16-12-8-17-5-3-9(12)4-6-17/h1-2,7,9,12H,3-6,8H2,(H,16,18)(H,19,20). The molecular formula is C14H17N3O3. The second kappa shape index (κ2) is 5.20. The molecule has 20 heavy (non-hydrogen) atoms. The number of carboxylic acids is 1. The van der Waals surface area contributed by atoms with Crippen molar-refractivity contribution in [1.82, 2.24) is 15.2 Å². The average Bonchev–Trinajstić information content (AvgIpc) is 2.48. The predicted octanol–water partition coefficient (Wildman–Crippen LogP) is 0.604. The summed E-state index contributed by atoms with van der Waals surface area (Å²) in [5, 5.41) is 11.8. The van der Waals surface area contributed by atoms with Crippen LogP contribution in [0.1, 0.15) is 33.7 Å². The van der Waals surface area contributed by atoms with Gasteiger partial charge in [-0.2, -0.15) is 0 Å². The zero-order chi connectivity index (χ0) is 14.1. The normalized spacial score (nSPS) is 28.1. The van der Waals surface area contributed by atoms with Gasteiger partial charge in [0.15, 0.2) is 0 Å². The number of fused-ring (bicyclic) bond motifs is 3. The molecule has 1 amide bonds. The first-order chi connectivity index (χ1) is 9.63. The molecule has 106 valence electrons. The number of hydrogen-bond donors (Lipinski definition) is 2. The van der Waals surface area contributed by atoms with Gasteiger partial charge >= 0.3 is 5.97 Å². The van der Waals surface area contributed by atoms with E-state index >= 15 is 0 Å². The highest BCUT2D eigenvalue weighted by Crippen LogP contribution is 2.27. The number of carbonyl (C=O) groups excluding carboxylic acids is 1. The maximum absolute atomic E-state index is 12.2. The minimum atomic E-state index is -1.09. The number of aromatic carboxylic acids is 1. The van der Waals surface area contributed by atoms with Crippen LogP contribution in [0.3, 0.4) is 0 Å². The van der Waals surface area contributed by atoms with Gasteiger partial charge in [0.25, 0.3) is 5.91 Å². The largest absolute Gasteiger partial charge is 0.477 e. The summed E-state index contributed by atoms with van der Waals surface area (Å²) in [6.45, 7) is 3.18. The summed E-state index contributed by atoms with van der Waals surface area (Å²) in [7, 11) is 0. The third-order valence-electron chi connectivity index (χ3n) is 4.22. The van der Waals surface area contributed by atoms with Gasteiger partial charge in [-0.15, -0.1) is 0 Å². The van der Waals surface area contributed by atoms with Gasteiger partial charge in [0.1, 0.15) is 5.69 Å². The molecule has 6 heteroatoms. The van der Waals surface area contributed by atoms with E-state index in [0.29, 0.717) is 11.5 Å². The fraction of sp³-hybridized carbons (Fsp3) is 0.500. The summed E-state index contributed by atoms with van der Waals surface area (Å²) in [5.41, 5.74) is 0.357. The smallest absolute Gasteiger partial charge is 0.354 e. The Labute approximate surface area is 116 Å². The van der Waals surface area contributed by atoms with Crippen molar-refractivity contribution in [2.24, 2.45) is 5.92 Å². The zero-order valence-corrected chi connectivity index (χ0v) is 11.1. The van der Waals surface area contributed by atoms with Crippen molar-refractivity contribution in [2.75, 3.05) is 19.6 Å². The average molecular weight is 275 g/mol. The number of amides is 1. The van der Waals surface area contributed by atoms with Crippen LogP contribution in [-0.4, -0.2) is 52.5 Å². The molecule has 1 atom stereocenters. The number of pyridine rings is 1. The molecule has 1 aromatic heterocycles. The molecule has 3 saturated heterocycles. The topological polar surface area (TPSA) is 82.5 Å². The van der Waals surface area contributed by atoms with Crippen molar-refractivity contribution < 1.29 is 14.7 Å². The summed E-state index contributed by atoms with van der Waals surface area (Å²) in [5.74, 6) is -0.697. The van der Waals surface area contributed by atoms with Crippen LogP contribution in [0.25, 0.3) is 0 Å². The van der Waals surface area contributed by atoms with Crippen molar-refractivity contribution in [3.05, 3.63) is 29.6 Å². The fourth-order valence-corrected chi connectivity index (χ4v) is 3.04. The Hall–Kier alpha value is -1.95. The SMILES string of the molecule is O=C(NC1CN2CCC1CC2)c1ccc(C(=O)O)nc1. The highest BCUT2D eigenvalue weighted by molar-refractivity contribution is 5.95. The monoisotopic (exact) mass is 275 g/mol. The number of carbonyl (C=O) groups is 2. The van der Waals surface area contributed by atoms with Crippen molar-refractivity contribution in [3.63, 3.8) is 0 Å². The lowest BCUT2D eigenvalue weighted by molar-refractivity contribution is 0.0619. The molecule has 0 aliphatic carbocycles. The van der Waals surface area contributed by atoms with Gasteiger partial charge in [-0.05, 0) is 44.0 Å². The van der Waals surface area contributed by atoms with Crippen molar-refractivity contribution in [2.45, 2.75) is 18.9 Å². The number of rotatable bonds is 3. The van der Waals surface area contributed by atoms with E-state index in [9.17, 15) is 9.59 Å². The third kappa shape index (κ3) is 2.51. The summed E-state index contributed by atoms with van der Waals surface area (Å²) < 4.78 is 0. The quantitative estimate of drug-likeness (QED) is 0.844. The lowest BCUT2D eigenvalue weighted by Gasteiger charge is -2.44.